The van der Waals surface area contributed by atoms with Gasteiger partial charge in [0.2, 0.25) is 0 Å². The van der Waals surface area contributed by atoms with Crippen LogP contribution in [0.2, 0.25) is 0 Å². The Kier molecular flexibility index (Phi) is 19.9. The molecular formula is C69H75N7O6. The minimum absolute atomic E-state index is 0.0365. The number of carbonyl (C=O) groups excluding carboxylic acids is 6. The van der Waals surface area contributed by atoms with Gasteiger partial charge < -0.3 is 14.7 Å². The van der Waals surface area contributed by atoms with Gasteiger partial charge in [0, 0.05) is 31.7 Å². The lowest BCUT2D eigenvalue weighted by Crippen LogP contribution is -2.40. The third-order valence-electron chi connectivity index (χ3n) is 15.8. The molecule has 1 saturated carbocycles. The number of rotatable bonds is 18. The average molecular weight is 1100 g/mol. The maximum Gasteiger partial charge on any atom is 0.328 e. The van der Waals surface area contributed by atoms with E-state index in [1.165, 1.54) is 52.4 Å². The van der Waals surface area contributed by atoms with Gasteiger partial charge in [-0.15, -0.1) is 0 Å². The second-order valence-electron chi connectivity index (χ2n) is 21.9. The van der Waals surface area contributed by atoms with Gasteiger partial charge >= 0.3 is 18.1 Å². The highest BCUT2D eigenvalue weighted by molar-refractivity contribution is 6.06. The predicted molar refractivity (Wildman–Crippen MR) is 318 cm³/mol. The fourth-order valence-electron chi connectivity index (χ4n) is 11.7. The van der Waals surface area contributed by atoms with E-state index in [2.05, 4.69) is 17.1 Å². The van der Waals surface area contributed by atoms with Crippen LogP contribution in [0.5, 0.6) is 0 Å². The van der Waals surface area contributed by atoms with E-state index in [1.807, 2.05) is 202 Å². The molecule has 422 valence electrons. The first-order chi connectivity index (χ1) is 40.0. The molecule has 4 aliphatic rings. The van der Waals surface area contributed by atoms with E-state index >= 15 is 0 Å². The lowest BCUT2D eigenvalue weighted by molar-refractivity contribution is -0.130. The van der Waals surface area contributed by atoms with Crippen LogP contribution in [0, 0.1) is 5.92 Å². The van der Waals surface area contributed by atoms with E-state index in [9.17, 15) is 28.8 Å². The van der Waals surface area contributed by atoms with Gasteiger partial charge in [-0.2, -0.15) is 0 Å². The highest BCUT2D eigenvalue weighted by Gasteiger charge is 2.50. The highest BCUT2D eigenvalue weighted by Crippen LogP contribution is 2.38. The zero-order valence-corrected chi connectivity index (χ0v) is 47.4. The van der Waals surface area contributed by atoms with Crippen LogP contribution in [0.3, 0.4) is 0 Å². The summed E-state index contributed by atoms with van der Waals surface area (Å²) in [5, 5.41) is 0. The van der Waals surface area contributed by atoms with Crippen LogP contribution >= 0.6 is 0 Å². The Balaban J connectivity index is 0.000000150. The molecule has 3 unspecified atom stereocenters. The quantitative estimate of drug-likeness (QED) is 0.0781. The summed E-state index contributed by atoms with van der Waals surface area (Å²) in [7, 11) is 0. The molecule has 7 aromatic rings. The molecule has 3 atom stereocenters. The molecule has 4 heterocycles. The molecule has 4 fully saturated rings. The smallest absolute Gasteiger partial charge is 0.312 e. The number of hydrogen-bond acceptors (Lipinski definition) is 7. The number of benzene rings is 6. The second kappa shape index (κ2) is 28.1. The van der Waals surface area contributed by atoms with Gasteiger partial charge in [0.1, 0.15) is 12.1 Å². The summed E-state index contributed by atoms with van der Waals surface area (Å²) in [6.07, 6.45) is 10.5. The molecule has 0 N–H and O–H groups in total. The van der Waals surface area contributed by atoms with Crippen LogP contribution in [0.25, 0.3) is 0 Å². The van der Waals surface area contributed by atoms with Crippen molar-refractivity contribution in [2.75, 3.05) is 13.1 Å². The number of amides is 9. The summed E-state index contributed by atoms with van der Waals surface area (Å²) >= 11 is 0. The van der Waals surface area contributed by atoms with Gasteiger partial charge in [-0.3, -0.25) is 34.1 Å². The van der Waals surface area contributed by atoms with Gasteiger partial charge in [-0.05, 0) is 97.4 Å². The summed E-state index contributed by atoms with van der Waals surface area (Å²) in [5.41, 5.74) is 6.80. The normalized spacial score (nSPS) is 18.4. The molecule has 0 bridgehead atoms. The van der Waals surface area contributed by atoms with E-state index in [1.54, 1.807) is 28.1 Å². The number of aryl methyl sites for hydroxylation is 1. The topological polar surface area (TPSA) is 135 Å². The highest BCUT2D eigenvalue weighted by atomic mass is 16.2. The summed E-state index contributed by atoms with van der Waals surface area (Å²) in [5.74, 6) is 0.156. The number of aromatic nitrogens is 1. The van der Waals surface area contributed by atoms with E-state index in [0.29, 0.717) is 44.1 Å². The van der Waals surface area contributed by atoms with Crippen LogP contribution < -0.4 is 0 Å². The minimum atomic E-state index is -0.618. The Hall–Kier alpha value is -8.71. The van der Waals surface area contributed by atoms with Crippen molar-refractivity contribution in [3.8, 4) is 0 Å². The Labute approximate surface area is 483 Å². The summed E-state index contributed by atoms with van der Waals surface area (Å²) in [6.45, 7) is 7.68. The zero-order chi connectivity index (χ0) is 57.4. The second-order valence-corrected chi connectivity index (χ2v) is 21.9. The Morgan fingerprint density at radius 3 is 1.46 bits per heavy atom. The standard InChI is InChI=1S/C26H26N2O2.C25H30N2O2.C18H19N3O2/c1-19(2)27-25(29)23(18-20-12-6-3-7-13-20)28(26(27)30)24(21-14-8-4-9-15-21)22-16-10-5-11-17-22;28-24-23(17-16-20-10-4-1-5-11-20)26(18-21-12-6-2-7-13-21)25(29)27(24)19-22-14-8-3-9-15-22;1-2-12-20-16(15-10-6-7-11-19-15)17(22)21(18(20)23)13-14-8-4-3-5-9-14/h3-17,19,23-24H,18H2,1-2H3;1,3-5,8-11,14-15,21,23H,2,6-7,12-13,16-19H2;3-11,16H,2,12-13H2,1H3. The molecule has 82 heavy (non-hydrogen) atoms. The molecule has 11 rings (SSSR count). The Morgan fingerprint density at radius 1 is 0.488 bits per heavy atom. The SMILES string of the molecule is CC(C)N1C(=O)C(Cc2ccccc2)N(C(c2ccccc2)c2ccccc2)C1=O.CCCN1C(=O)N(Cc2ccccc2)C(=O)C1c1ccccn1.O=C1C(CCc2ccccc2)N(CC2CCCCC2)C(=O)N1Cc1ccccc1. The van der Waals surface area contributed by atoms with Crippen molar-refractivity contribution < 1.29 is 28.8 Å². The van der Waals surface area contributed by atoms with Gasteiger partial charge in [0.05, 0.1) is 24.8 Å². The van der Waals surface area contributed by atoms with Crippen LogP contribution in [-0.4, -0.2) is 101 Å². The van der Waals surface area contributed by atoms with Crippen LogP contribution in [0.15, 0.2) is 206 Å². The summed E-state index contributed by atoms with van der Waals surface area (Å²) in [6, 6.07) is 62.2. The largest absolute Gasteiger partial charge is 0.328 e. The number of pyridine rings is 1. The van der Waals surface area contributed by atoms with Crippen molar-refractivity contribution in [2.45, 2.75) is 122 Å². The van der Waals surface area contributed by atoms with Crippen molar-refractivity contribution in [3.05, 3.63) is 245 Å². The lowest BCUT2D eigenvalue weighted by Gasteiger charge is -2.32. The first kappa shape index (κ1) is 58.0. The van der Waals surface area contributed by atoms with E-state index in [0.717, 1.165) is 47.2 Å². The molecule has 3 saturated heterocycles. The molecule has 0 spiro atoms. The van der Waals surface area contributed by atoms with Crippen LogP contribution in [-0.2, 0) is 40.3 Å². The zero-order valence-electron chi connectivity index (χ0n) is 47.4. The molecular weight excluding hydrogens is 1020 g/mol. The number of imide groups is 3. The first-order valence-corrected chi connectivity index (χ1v) is 29.1. The molecule has 3 aliphatic heterocycles. The molecule has 13 heteroatoms. The molecule has 1 aromatic heterocycles. The van der Waals surface area contributed by atoms with Crippen molar-refractivity contribution in [2.24, 2.45) is 5.92 Å². The first-order valence-electron chi connectivity index (χ1n) is 29.1. The van der Waals surface area contributed by atoms with Gasteiger partial charge in [0.15, 0.2) is 6.04 Å². The van der Waals surface area contributed by atoms with E-state index in [4.69, 9.17) is 0 Å². The molecule has 13 nitrogen and oxygen atoms in total. The van der Waals surface area contributed by atoms with Gasteiger partial charge in [-0.25, -0.2) is 14.4 Å². The number of urea groups is 3. The lowest BCUT2D eigenvalue weighted by atomic mass is 9.88. The summed E-state index contributed by atoms with van der Waals surface area (Å²) < 4.78 is 0. The maximum absolute atomic E-state index is 13.6. The third-order valence-corrected chi connectivity index (χ3v) is 15.8. The Morgan fingerprint density at radius 2 is 0.963 bits per heavy atom. The molecule has 1 aliphatic carbocycles. The van der Waals surface area contributed by atoms with Gasteiger partial charge in [0.25, 0.3) is 17.7 Å². The van der Waals surface area contributed by atoms with Crippen molar-refractivity contribution in [1.82, 2.24) is 34.4 Å². The van der Waals surface area contributed by atoms with Crippen molar-refractivity contribution in [3.63, 3.8) is 0 Å². The Bertz CT molecular complexity index is 3150. The van der Waals surface area contributed by atoms with Crippen molar-refractivity contribution in [1.29, 1.82) is 0 Å². The molecule has 0 radical (unpaired) electrons. The molecule has 6 aromatic carbocycles. The van der Waals surface area contributed by atoms with Crippen LogP contribution in [0.1, 0.15) is 117 Å². The summed E-state index contributed by atoms with van der Waals surface area (Å²) in [4.78, 5) is 92.8. The van der Waals surface area contributed by atoms with E-state index in [-0.39, 0.29) is 53.9 Å². The van der Waals surface area contributed by atoms with Gasteiger partial charge in [-0.1, -0.05) is 214 Å². The number of hydrogen-bond donors (Lipinski definition) is 0. The van der Waals surface area contributed by atoms with Crippen LogP contribution in [0.4, 0.5) is 14.4 Å². The average Bonchev–Trinajstić information content (AvgIpc) is 3.27. The fraction of sp³-hybridized carbons (Fsp3) is 0.319. The van der Waals surface area contributed by atoms with Crippen molar-refractivity contribution >= 4 is 35.8 Å². The third kappa shape index (κ3) is 13.9. The minimum Gasteiger partial charge on any atom is -0.312 e. The molecule has 9 amide bonds. The maximum atomic E-state index is 13.6. The number of nitrogens with zero attached hydrogens (tertiary/aromatic N) is 7. The number of carbonyl (C=O) groups is 6. The monoisotopic (exact) mass is 1100 g/mol. The predicted octanol–water partition coefficient (Wildman–Crippen LogP) is 13.1. The fourth-order valence-corrected chi connectivity index (χ4v) is 11.7. The van der Waals surface area contributed by atoms with E-state index < -0.39 is 12.1 Å².